The van der Waals surface area contributed by atoms with Gasteiger partial charge in [0, 0.05) is 12.3 Å². The monoisotopic (exact) mass is 266 g/mol. The van der Waals surface area contributed by atoms with Crippen LogP contribution >= 0.6 is 46.4 Å². The fourth-order valence-corrected chi connectivity index (χ4v) is 2.39. The molecule has 0 aromatic heterocycles. The number of hydrogen-bond acceptors (Lipinski definition) is 1. The lowest BCUT2D eigenvalue weighted by atomic mass is 10.0. The Hall–Kier alpha value is 0.630. The molecule has 6 heteroatoms. The van der Waals surface area contributed by atoms with Gasteiger partial charge in [-0.25, -0.2) is 0 Å². The highest BCUT2D eigenvalue weighted by molar-refractivity contribution is 6.49. The Morgan fingerprint density at radius 2 is 1.85 bits per heavy atom. The molecule has 2 nitrogen and oxygen atoms in total. The maximum atomic E-state index is 10.6. The van der Waals surface area contributed by atoms with Gasteiger partial charge in [0.1, 0.15) is 9.21 Å². The van der Waals surface area contributed by atoms with Crippen LogP contribution in [-0.4, -0.2) is 26.2 Å². The van der Waals surface area contributed by atoms with Gasteiger partial charge in [-0.05, 0) is 13.3 Å². The molecule has 0 bridgehead atoms. The van der Waals surface area contributed by atoms with Crippen molar-refractivity contribution in [1.29, 1.82) is 0 Å². The number of hydrogen-bond donors (Lipinski definition) is 1. The minimum atomic E-state index is -1.45. The molecule has 0 saturated carbocycles. The van der Waals surface area contributed by atoms with E-state index in [1.54, 1.807) is 0 Å². The molecule has 1 atom stereocenters. The number of halogens is 4. The topological polar surface area (TPSA) is 37.3 Å². The Kier molecular flexibility index (Phi) is 5.16. The molecule has 0 aromatic carbocycles. The first-order valence-electron chi connectivity index (χ1n) is 3.57. The molecule has 0 aromatic rings. The summed E-state index contributed by atoms with van der Waals surface area (Å²) in [5.41, 5.74) is 0. The Morgan fingerprint density at radius 3 is 2.15 bits per heavy atom. The average molecular weight is 268 g/mol. The van der Waals surface area contributed by atoms with Gasteiger partial charge in [-0.2, -0.15) is 0 Å². The van der Waals surface area contributed by atoms with Crippen LogP contribution in [0.25, 0.3) is 0 Å². The predicted molar refractivity (Wildman–Crippen MR) is 56.3 cm³/mol. The summed E-state index contributed by atoms with van der Waals surface area (Å²) in [4.78, 5) is 9.17. The van der Waals surface area contributed by atoms with Gasteiger partial charge in [-0.3, -0.25) is 4.79 Å². The van der Waals surface area contributed by atoms with Crippen molar-refractivity contribution in [2.75, 3.05) is 5.88 Å². The highest BCUT2D eigenvalue weighted by atomic mass is 35.5. The molecule has 0 heterocycles. The molecule has 0 aliphatic rings. The number of alkyl halides is 4. The van der Waals surface area contributed by atoms with Gasteiger partial charge in [-0.1, -0.05) is 0 Å². The van der Waals surface area contributed by atoms with Crippen molar-refractivity contribution in [1.82, 2.24) is 0 Å². The van der Waals surface area contributed by atoms with Gasteiger partial charge in [-0.15, -0.1) is 46.4 Å². The third kappa shape index (κ3) is 5.16. The summed E-state index contributed by atoms with van der Waals surface area (Å²) in [7, 11) is 0. The van der Waals surface area contributed by atoms with E-state index in [1.807, 2.05) is 0 Å². The summed E-state index contributed by atoms with van der Waals surface area (Å²) < 4.78 is -1.18. The lowest BCUT2D eigenvalue weighted by Gasteiger charge is -2.25. The van der Waals surface area contributed by atoms with E-state index in [1.165, 1.54) is 6.92 Å². The highest BCUT2D eigenvalue weighted by Crippen LogP contribution is 2.37. The molecule has 13 heavy (non-hydrogen) atoms. The number of rotatable bonds is 5. The van der Waals surface area contributed by atoms with Crippen LogP contribution in [0.4, 0.5) is 0 Å². The second kappa shape index (κ2) is 4.92. The van der Waals surface area contributed by atoms with E-state index in [4.69, 9.17) is 51.5 Å². The Morgan fingerprint density at radius 1 is 1.38 bits per heavy atom. The molecule has 0 rings (SSSR count). The molecule has 0 radical (unpaired) electrons. The normalized spacial score (nSPS) is 16.7. The van der Waals surface area contributed by atoms with Crippen molar-refractivity contribution in [3.63, 3.8) is 0 Å². The Bertz CT molecular complexity index is 191. The van der Waals surface area contributed by atoms with Gasteiger partial charge in [0.2, 0.25) is 0 Å². The first kappa shape index (κ1) is 13.6. The van der Waals surface area contributed by atoms with Crippen LogP contribution in [0.2, 0.25) is 0 Å². The van der Waals surface area contributed by atoms with E-state index >= 15 is 0 Å². The smallest absolute Gasteiger partial charge is 0.324 e. The molecule has 0 aliphatic carbocycles. The molecular formula is C7H10Cl4O2. The van der Waals surface area contributed by atoms with Crippen molar-refractivity contribution >= 4 is 52.4 Å². The van der Waals surface area contributed by atoms with E-state index in [0.717, 1.165) is 0 Å². The quantitative estimate of drug-likeness (QED) is 0.777. The highest BCUT2D eigenvalue weighted by Gasteiger charge is 2.39. The molecule has 0 amide bonds. The summed E-state index contributed by atoms with van der Waals surface area (Å²) >= 11 is 22.7. The van der Waals surface area contributed by atoms with Crippen molar-refractivity contribution < 1.29 is 9.90 Å². The van der Waals surface area contributed by atoms with Crippen molar-refractivity contribution in [2.45, 2.75) is 29.0 Å². The molecule has 78 valence electrons. The van der Waals surface area contributed by atoms with E-state index in [0.29, 0.717) is 6.42 Å². The van der Waals surface area contributed by atoms with Crippen molar-refractivity contribution in [3.8, 4) is 0 Å². The minimum Gasteiger partial charge on any atom is -0.480 e. The zero-order chi connectivity index (χ0) is 10.7. The second-order valence-electron chi connectivity index (χ2n) is 2.97. The lowest BCUT2D eigenvalue weighted by molar-refractivity contribution is -0.140. The third-order valence-corrected chi connectivity index (χ3v) is 2.63. The Labute approximate surface area is 97.1 Å². The van der Waals surface area contributed by atoms with Crippen molar-refractivity contribution in [3.05, 3.63) is 0 Å². The number of carboxylic acid groups (broad SMARTS) is 1. The summed E-state index contributed by atoms with van der Waals surface area (Å²) in [6, 6.07) is 0. The predicted octanol–water partition coefficient (Wildman–Crippen LogP) is 3.26. The van der Waals surface area contributed by atoms with Gasteiger partial charge >= 0.3 is 5.97 Å². The number of aliphatic carboxylic acids is 1. The van der Waals surface area contributed by atoms with Crippen LogP contribution in [0.1, 0.15) is 19.8 Å². The summed E-state index contributed by atoms with van der Waals surface area (Å²) in [6.07, 6.45) is 0.250. The zero-order valence-electron chi connectivity index (χ0n) is 6.99. The largest absolute Gasteiger partial charge is 0.480 e. The summed E-state index contributed by atoms with van der Waals surface area (Å²) in [5.74, 6) is -0.881. The van der Waals surface area contributed by atoms with Crippen LogP contribution in [-0.2, 0) is 4.79 Å². The summed E-state index contributed by atoms with van der Waals surface area (Å²) in [5, 5.41) is 8.69. The fraction of sp³-hybridized carbons (Fsp3) is 0.857. The van der Waals surface area contributed by atoms with Crippen LogP contribution in [0, 0.1) is 0 Å². The lowest BCUT2D eigenvalue weighted by Crippen LogP contribution is -2.35. The van der Waals surface area contributed by atoms with Crippen molar-refractivity contribution in [2.24, 2.45) is 0 Å². The number of carboxylic acids is 1. The summed E-state index contributed by atoms with van der Waals surface area (Å²) in [6.45, 7) is 1.35. The van der Waals surface area contributed by atoms with Gasteiger partial charge in [0.15, 0.2) is 0 Å². The second-order valence-corrected chi connectivity index (χ2v) is 5.83. The number of carbonyl (C=O) groups is 1. The first-order chi connectivity index (χ1) is 5.71. The zero-order valence-corrected chi connectivity index (χ0v) is 10.0. The van der Waals surface area contributed by atoms with Gasteiger partial charge in [0.05, 0.1) is 0 Å². The van der Waals surface area contributed by atoms with Gasteiger partial charge in [0.25, 0.3) is 0 Å². The standard InChI is InChI=1S/C7H10Cl4O2/c1-6(9,5(12)13)4-7(10,11)2-3-8/h2-4H2,1H3,(H,12,13). The Balaban J connectivity index is 4.33. The van der Waals surface area contributed by atoms with Crippen LogP contribution in [0.15, 0.2) is 0 Å². The van der Waals surface area contributed by atoms with Gasteiger partial charge < -0.3 is 5.11 Å². The van der Waals surface area contributed by atoms with Crippen LogP contribution in [0.3, 0.4) is 0 Å². The van der Waals surface area contributed by atoms with E-state index in [9.17, 15) is 4.79 Å². The van der Waals surface area contributed by atoms with E-state index in [2.05, 4.69) is 0 Å². The molecule has 0 fully saturated rings. The van der Waals surface area contributed by atoms with E-state index < -0.39 is 15.2 Å². The first-order valence-corrected chi connectivity index (χ1v) is 5.24. The average Bonchev–Trinajstić information content (AvgIpc) is 1.83. The molecular weight excluding hydrogens is 258 g/mol. The molecule has 0 spiro atoms. The molecule has 0 saturated heterocycles. The molecule has 1 N–H and O–H groups in total. The SMILES string of the molecule is CC(Cl)(CC(Cl)(Cl)CCCl)C(=O)O. The minimum absolute atomic E-state index is 0.0489. The maximum Gasteiger partial charge on any atom is 0.324 e. The van der Waals surface area contributed by atoms with E-state index in [-0.39, 0.29) is 12.3 Å². The van der Waals surface area contributed by atoms with Crippen LogP contribution < -0.4 is 0 Å². The third-order valence-electron chi connectivity index (χ3n) is 1.50. The molecule has 0 aliphatic heterocycles. The molecule has 1 unspecified atom stereocenters. The maximum absolute atomic E-state index is 10.6. The fourth-order valence-electron chi connectivity index (χ4n) is 0.788. The van der Waals surface area contributed by atoms with Crippen LogP contribution in [0.5, 0.6) is 0 Å².